The Bertz CT molecular complexity index is 439. The Labute approximate surface area is 109 Å². The van der Waals surface area contributed by atoms with Gasteiger partial charge in [-0.3, -0.25) is 0 Å². The summed E-state index contributed by atoms with van der Waals surface area (Å²) in [6, 6.07) is 4.18. The molecule has 0 saturated carbocycles. The molecule has 0 heterocycles. The van der Waals surface area contributed by atoms with Crippen LogP contribution in [-0.2, 0) is 14.3 Å². The monoisotopic (exact) mass is 274 g/mol. The molecule has 1 aromatic carbocycles. The van der Waals surface area contributed by atoms with Crippen LogP contribution in [0.1, 0.15) is 0 Å². The second-order valence-corrected chi connectivity index (χ2v) is 3.58. The molecule has 18 heavy (non-hydrogen) atoms. The third-order valence-electron chi connectivity index (χ3n) is 2.02. The largest absolute Gasteiger partial charge is 0.497 e. The number of carbonyl (C=O) groups is 1. The second kappa shape index (κ2) is 6.86. The fourth-order valence-corrected chi connectivity index (χ4v) is 1.33. The average Bonchev–Trinajstić information content (AvgIpc) is 2.36. The highest BCUT2D eigenvalue weighted by Gasteiger charge is 2.10. The van der Waals surface area contributed by atoms with Crippen LogP contribution in [0.3, 0.4) is 0 Å². The summed E-state index contributed by atoms with van der Waals surface area (Å²) < 4.78 is 27.9. The van der Waals surface area contributed by atoms with Crippen LogP contribution in [0.15, 0.2) is 30.0 Å². The van der Waals surface area contributed by atoms with E-state index in [2.05, 4.69) is 4.74 Å². The lowest BCUT2D eigenvalue weighted by atomic mass is 10.3. The number of hydrogen-bond donors (Lipinski definition) is 0. The molecule has 6 heteroatoms. The maximum Gasteiger partial charge on any atom is 0.334 e. The Balaban J connectivity index is 2.74. The molecule has 0 spiro atoms. The maximum absolute atomic E-state index is 13.4. The van der Waals surface area contributed by atoms with Crippen molar-refractivity contribution in [3.05, 3.63) is 40.9 Å². The van der Waals surface area contributed by atoms with Crippen LogP contribution in [-0.4, -0.2) is 26.8 Å². The Kier molecular flexibility index (Phi) is 5.45. The molecule has 1 aromatic rings. The molecule has 0 saturated heterocycles. The van der Waals surface area contributed by atoms with Crippen molar-refractivity contribution in [1.82, 2.24) is 0 Å². The molecule has 0 aromatic heterocycles. The molecule has 98 valence electrons. The van der Waals surface area contributed by atoms with Crippen LogP contribution >= 0.6 is 11.6 Å². The van der Waals surface area contributed by atoms with E-state index in [1.807, 2.05) is 0 Å². The van der Waals surface area contributed by atoms with Gasteiger partial charge < -0.3 is 14.2 Å². The van der Waals surface area contributed by atoms with Crippen LogP contribution in [0, 0.1) is 5.82 Å². The summed E-state index contributed by atoms with van der Waals surface area (Å²) in [4.78, 5) is 11.0. The lowest BCUT2D eigenvalue weighted by molar-refractivity contribution is -0.135. The summed E-state index contributed by atoms with van der Waals surface area (Å²) >= 11 is 5.77. The number of rotatable bonds is 5. The van der Waals surface area contributed by atoms with Crippen LogP contribution in [0.5, 0.6) is 5.75 Å². The predicted octanol–water partition coefficient (Wildman–Crippen LogP) is 2.56. The van der Waals surface area contributed by atoms with E-state index in [9.17, 15) is 9.18 Å². The van der Waals surface area contributed by atoms with Gasteiger partial charge in [-0.05, 0) is 12.1 Å². The molecule has 0 atom stereocenters. The maximum atomic E-state index is 13.4. The van der Waals surface area contributed by atoms with E-state index in [1.54, 1.807) is 0 Å². The molecule has 0 unspecified atom stereocenters. The number of esters is 1. The highest BCUT2D eigenvalue weighted by Crippen LogP contribution is 2.27. The van der Waals surface area contributed by atoms with Gasteiger partial charge in [-0.1, -0.05) is 17.7 Å². The number of carbonyl (C=O) groups excluding carboxylic acids is 1. The minimum atomic E-state index is -0.588. The van der Waals surface area contributed by atoms with Crippen LogP contribution in [0.25, 0.3) is 0 Å². The first-order valence-corrected chi connectivity index (χ1v) is 5.35. The van der Waals surface area contributed by atoms with Gasteiger partial charge in [-0.15, -0.1) is 0 Å². The Morgan fingerprint density at radius 2 is 2.11 bits per heavy atom. The average molecular weight is 275 g/mol. The quantitative estimate of drug-likeness (QED) is 0.470. The predicted molar refractivity (Wildman–Crippen MR) is 64.0 cm³/mol. The Hall–Kier alpha value is -1.75. The van der Waals surface area contributed by atoms with Crippen molar-refractivity contribution >= 4 is 17.6 Å². The highest BCUT2D eigenvalue weighted by molar-refractivity contribution is 6.32. The van der Waals surface area contributed by atoms with Gasteiger partial charge in [-0.2, -0.15) is 0 Å². The minimum Gasteiger partial charge on any atom is -0.497 e. The molecule has 0 aliphatic rings. The number of para-hydroxylation sites is 1. The molecule has 0 aliphatic heterocycles. The van der Waals surface area contributed by atoms with Gasteiger partial charge in [0, 0.05) is 0 Å². The number of benzene rings is 1. The van der Waals surface area contributed by atoms with E-state index in [4.69, 9.17) is 21.1 Å². The first-order chi connectivity index (χ1) is 8.58. The smallest absolute Gasteiger partial charge is 0.334 e. The number of hydrogen-bond acceptors (Lipinski definition) is 4. The Morgan fingerprint density at radius 3 is 2.67 bits per heavy atom. The van der Waals surface area contributed by atoms with Gasteiger partial charge in [0.15, 0.2) is 11.6 Å². The van der Waals surface area contributed by atoms with Crippen molar-refractivity contribution in [2.24, 2.45) is 0 Å². The van der Waals surface area contributed by atoms with Crippen molar-refractivity contribution in [3.63, 3.8) is 0 Å². The summed E-state index contributed by atoms with van der Waals surface area (Å²) in [5.41, 5.74) is 0. The highest BCUT2D eigenvalue weighted by atomic mass is 35.5. The van der Waals surface area contributed by atoms with E-state index in [0.29, 0.717) is 0 Å². The molecule has 4 nitrogen and oxygen atoms in total. The van der Waals surface area contributed by atoms with E-state index in [1.165, 1.54) is 32.4 Å². The summed E-state index contributed by atoms with van der Waals surface area (Å²) in [6.45, 7) is -0.133. The summed E-state index contributed by atoms with van der Waals surface area (Å²) in [6.07, 6.45) is 1.11. The van der Waals surface area contributed by atoms with E-state index >= 15 is 0 Å². The van der Waals surface area contributed by atoms with Gasteiger partial charge in [0.05, 0.1) is 25.3 Å². The summed E-state index contributed by atoms with van der Waals surface area (Å²) in [5.74, 6) is -1.07. The van der Waals surface area contributed by atoms with Crippen molar-refractivity contribution < 1.29 is 23.4 Å². The third-order valence-corrected chi connectivity index (χ3v) is 2.32. The molecule has 0 radical (unpaired) electrons. The van der Waals surface area contributed by atoms with Crippen LogP contribution < -0.4 is 4.74 Å². The Morgan fingerprint density at radius 1 is 1.39 bits per heavy atom. The van der Waals surface area contributed by atoms with E-state index < -0.39 is 11.8 Å². The normalized spacial score (nSPS) is 11.0. The minimum absolute atomic E-state index is 0.0908. The molecule has 1 rings (SSSR count). The van der Waals surface area contributed by atoms with Crippen molar-refractivity contribution in [3.8, 4) is 5.75 Å². The van der Waals surface area contributed by atoms with Gasteiger partial charge in [0.2, 0.25) is 0 Å². The first kappa shape index (κ1) is 14.3. The van der Waals surface area contributed by atoms with Crippen molar-refractivity contribution in [2.45, 2.75) is 0 Å². The van der Waals surface area contributed by atoms with Crippen molar-refractivity contribution in [2.75, 3.05) is 20.8 Å². The zero-order chi connectivity index (χ0) is 13.5. The van der Waals surface area contributed by atoms with Gasteiger partial charge in [0.1, 0.15) is 12.4 Å². The van der Waals surface area contributed by atoms with Gasteiger partial charge >= 0.3 is 5.97 Å². The SMILES string of the molecule is COC(=O)/C=C(\COc1c(F)cccc1Cl)OC. The van der Waals surface area contributed by atoms with Crippen molar-refractivity contribution in [1.29, 1.82) is 0 Å². The van der Waals surface area contributed by atoms with Crippen LogP contribution in [0.4, 0.5) is 4.39 Å². The standard InChI is InChI=1S/C12H12ClFO4/c1-16-8(6-11(15)17-2)7-18-12-9(13)4-3-5-10(12)14/h3-6H,7H2,1-2H3/b8-6+. The molecule has 0 aliphatic carbocycles. The molecule has 0 N–H and O–H groups in total. The molecule has 0 fully saturated rings. The van der Waals surface area contributed by atoms with Gasteiger partial charge in [0.25, 0.3) is 0 Å². The molecular weight excluding hydrogens is 263 g/mol. The van der Waals surface area contributed by atoms with Gasteiger partial charge in [-0.25, -0.2) is 9.18 Å². The summed E-state index contributed by atoms with van der Waals surface area (Å²) in [5, 5.41) is 0.142. The van der Waals surface area contributed by atoms with Crippen LogP contribution in [0.2, 0.25) is 5.02 Å². The number of methoxy groups -OCH3 is 2. The topological polar surface area (TPSA) is 44.8 Å². The van der Waals surface area contributed by atoms with E-state index in [-0.39, 0.29) is 23.1 Å². The third kappa shape index (κ3) is 3.92. The fraction of sp³-hybridized carbons (Fsp3) is 0.250. The molecule has 0 amide bonds. The number of halogens is 2. The molecule has 0 bridgehead atoms. The zero-order valence-corrected chi connectivity index (χ0v) is 10.7. The fourth-order valence-electron chi connectivity index (χ4n) is 1.11. The second-order valence-electron chi connectivity index (χ2n) is 3.18. The number of ether oxygens (including phenoxy) is 3. The first-order valence-electron chi connectivity index (χ1n) is 4.97. The summed E-state index contributed by atoms with van der Waals surface area (Å²) in [7, 11) is 2.60. The lowest BCUT2D eigenvalue weighted by Gasteiger charge is -2.10. The zero-order valence-electron chi connectivity index (χ0n) is 9.91. The van der Waals surface area contributed by atoms with E-state index in [0.717, 1.165) is 6.08 Å². The lowest BCUT2D eigenvalue weighted by Crippen LogP contribution is -2.07. The molecular formula is C12H12ClFO4.